The number of allylic oxidation sites excluding steroid dienone is 3. The first-order valence-corrected chi connectivity index (χ1v) is 12.2. The van der Waals surface area contributed by atoms with Crippen LogP contribution in [0.4, 0.5) is 23.2 Å². The van der Waals surface area contributed by atoms with Crippen LogP contribution in [0.3, 0.4) is 0 Å². The first-order valence-electron chi connectivity index (χ1n) is 12.2. The molecule has 0 atom stereocenters. The summed E-state index contributed by atoms with van der Waals surface area (Å²) in [5.41, 5.74) is 7.93. The summed E-state index contributed by atoms with van der Waals surface area (Å²) in [6.45, 7) is 1.71. The Hall–Kier alpha value is -4.42. The maximum Gasteiger partial charge on any atom is 0.415 e. The van der Waals surface area contributed by atoms with Crippen LogP contribution in [0.2, 0.25) is 0 Å². The van der Waals surface area contributed by atoms with Crippen LogP contribution in [0.15, 0.2) is 83.7 Å². The Morgan fingerprint density at radius 3 is 2.65 bits per heavy atom. The average molecular weight is 556 g/mol. The van der Waals surface area contributed by atoms with Crippen LogP contribution in [0, 0.1) is 6.92 Å². The smallest absolute Gasteiger partial charge is 0.397 e. The van der Waals surface area contributed by atoms with Gasteiger partial charge >= 0.3 is 6.18 Å². The van der Waals surface area contributed by atoms with Crippen molar-refractivity contribution in [3.05, 3.63) is 100 Å². The number of nitrogens with two attached hydrogens (primary N) is 2. The molecule has 4 rings (SSSR count). The van der Waals surface area contributed by atoms with Crippen molar-refractivity contribution in [1.29, 1.82) is 0 Å². The third-order valence-electron chi connectivity index (χ3n) is 6.25. The molecule has 1 aliphatic rings. The predicted octanol–water partition coefficient (Wildman–Crippen LogP) is 4.80. The number of alkyl halides is 3. The molecule has 2 aromatic heterocycles. The summed E-state index contributed by atoms with van der Waals surface area (Å²) in [6, 6.07) is 8.49. The monoisotopic (exact) mass is 555 g/mol. The lowest BCUT2D eigenvalue weighted by molar-refractivity contribution is -0.0946. The first-order chi connectivity index (χ1) is 18.8. The molecule has 40 heavy (non-hydrogen) atoms. The predicted molar refractivity (Wildman–Crippen MR) is 147 cm³/mol. The lowest BCUT2D eigenvalue weighted by atomic mass is 10.1. The number of hydrazine groups is 1. The quantitative estimate of drug-likeness (QED) is 0.189. The molecule has 2 heterocycles. The Morgan fingerprint density at radius 2 is 1.95 bits per heavy atom. The van der Waals surface area contributed by atoms with Gasteiger partial charge in [-0.2, -0.15) is 13.2 Å². The van der Waals surface area contributed by atoms with Gasteiger partial charge in [-0.05, 0) is 56.9 Å². The van der Waals surface area contributed by atoms with Gasteiger partial charge in [0, 0.05) is 59.3 Å². The molecule has 210 valence electrons. The van der Waals surface area contributed by atoms with Gasteiger partial charge < -0.3 is 20.9 Å². The number of aromatic amines is 1. The third kappa shape index (κ3) is 6.41. The minimum Gasteiger partial charge on any atom is -0.397 e. The maximum atomic E-state index is 14.8. The molecule has 8 nitrogen and oxygen atoms in total. The van der Waals surface area contributed by atoms with Crippen LogP contribution >= 0.6 is 0 Å². The summed E-state index contributed by atoms with van der Waals surface area (Å²) in [4.78, 5) is 22.0. The van der Waals surface area contributed by atoms with Gasteiger partial charge in [0.05, 0.1) is 17.0 Å². The van der Waals surface area contributed by atoms with Gasteiger partial charge in [-0.3, -0.25) is 9.80 Å². The van der Waals surface area contributed by atoms with Crippen molar-refractivity contribution >= 4 is 28.3 Å². The van der Waals surface area contributed by atoms with E-state index in [1.165, 1.54) is 28.3 Å². The summed E-state index contributed by atoms with van der Waals surface area (Å²) in [5, 5.41) is 4.74. The second kappa shape index (κ2) is 11.4. The standard InChI is InChI=1S/C28H29F4N7O/c1-16-4-5-18(12-24(16)39(34)15-23(33)19-10-17-8-9-35-26(17)36-13-19)27(40)37-21-6-7-22(28(30,31)32)25(29)20(11-21)14-38(2)3/h4-6,8-13,15H,7,14,33-34H2,1-3H3,(H,35,36)(H,37,40)/b23-15-. The maximum absolute atomic E-state index is 14.8. The summed E-state index contributed by atoms with van der Waals surface area (Å²) in [6.07, 6.45) is 1.67. The minimum atomic E-state index is -4.85. The fraction of sp³-hybridized carbons (Fsp3) is 0.214. The van der Waals surface area contributed by atoms with E-state index in [2.05, 4.69) is 15.3 Å². The number of amides is 1. The van der Waals surface area contributed by atoms with Crippen molar-refractivity contribution in [3.8, 4) is 0 Å². The fourth-order valence-corrected chi connectivity index (χ4v) is 4.21. The molecule has 0 bridgehead atoms. The summed E-state index contributed by atoms with van der Waals surface area (Å²) in [7, 11) is 3.22. The number of carbonyl (C=O) groups is 1. The number of aromatic nitrogens is 2. The molecule has 0 fully saturated rings. The van der Waals surface area contributed by atoms with E-state index in [0.29, 0.717) is 16.9 Å². The number of fused-ring (bicyclic) bond motifs is 1. The number of pyridine rings is 1. The molecule has 0 radical (unpaired) electrons. The molecule has 3 aromatic rings. The van der Waals surface area contributed by atoms with Gasteiger partial charge in [0.1, 0.15) is 11.5 Å². The molecular weight excluding hydrogens is 526 g/mol. The molecule has 0 aliphatic heterocycles. The van der Waals surface area contributed by atoms with Crippen molar-refractivity contribution in [2.24, 2.45) is 11.6 Å². The van der Waals surface area contributed by atoms with Crippen LogP contribution in [0.5, 0.6) is 0 Å². The van der Waals surface area contributed by atoms with Crippen LogP contribution < -0.4 is 21.9 Å². The topological polar surface area (TPSA) is 116 Å². The highest BCUT2D eigenvalue weighted by Gasteiger charge is 2.37. The number of anilines is 1. The van der Waals surface area contributed by atoms with Gasteiger partial charge in [0.25, 0.3) is 5.91 Å². The van der Waals surface area contributed by atoms with E-state index < -0.39 is 29.9 Å². The van der Waals surface area contributed by atoms with Crippen LogP contribution in [-0.4, -0.2) is 47.6 Å². The zero-order valence-corrected chi connectivity index (χ0v) is 22.1. The highest BCUT2D eigenvalue weighted by molar-refractivity contribution is 5.97. The number of carbonyl (C=O) groups excluding carboxylic acids is 1. The summed E-state index contributed by atoms with van der Waals surface area (Å²) < 4.78 is 55.2. The number of likely N-dealkylation sites (N-methyl/N-ethyl adjacent to an activating group) is 1. The van der Waals surface area contributed by atoms with Crippen LogP contribution in [0.1, 0.15) is 27.9 Å². The number of aryl methyl sites for hydroxylation is 1. The van der Waals surface area contributed by atoms with Crippen LogP contribution in [-0.2, 0) is 0 Å². The first kappa shape index (κ1) is 28.6. The van der Waals surface area contributed by atoms with Gasteiger partial charge in [-0.25, -0.2) is 15.2 Å². The number of H-pyrrole nitrogens is 1. The molecule has 1 aromatic carbocycles. The number of benzene rings is 1. The Morgan fingerprint density at radius 1 is 1.20 bits per heavy atom. The number of rotatable bonds is 7. The number of halogens is 4. The van der Waals surface area contributed by atoms with E-state index in [1.54, 1.807) is 45.5 Å². The van der Waals surface area contributed by atoms with E-state index in [1.807, 2.05) is 12.1 Å². The van der Waals surface area contributed by atoms with E-state index in [-0.39, 0.29) is 23.4 Å². The minimum absolute atomic E-state index is 0.0553. The molecule has 1 amide bonds. The Balaban J connectivity index is 1.57. The van der Waals surface area contributed by atoms with Crippen molar-refractivity contribution in [3.63, 3.8) is 0 Å². The second-order valence-corrected chi connectivity index (χ2v) is 9.65. The molecular formula is C28H29F4N7O. The lowest BCUT2D eigenvalue weighted by Gasteiger charge is -2.19. The third-order valence-corrected chi connectivity index (χ3v) is 6.25. The Bertz CT molecular complexity index is 1560. The Labute approximate surface area is 228 Å². The zero-order chi connectivity index (χ0) is 29.2. The number of hydrogen-bond donors (Lipinski definition) is 4. The normalized spacial score (nSPS) is 14.8. The molecule has 1 aliphatic carbocycles. The van der Waals surface area contributed by atoms with Gasteiger partial charge in [0.15, 0.2) is 0 Å². The fourth-order valence-electron chi connectivity index (χ4n) is 4.21. The van der Waals surface area contributed by atoms with E-state index in [9.17, 15) is 22.4 Å². The van der Waals surface area contributed by atoms with Crippen molar-refractivity contribution < 1.29 is 22.4 Å². The second-order valence-electron chi connectivity index (χ2n) is 9.65. The highest BCUT2D eigenvalue weighted by atomic mass is 19.4. The van der Waals surface area contributed by atoms with Crippen LogP contribution in [0.25, 0.3) is 16.7 Å². The van der Waals surface area contributed by atoms with E-state index in [4.69, 9.17) is 11.6 Å². The largest absolute Gasteiger partial charge is 0.415 e. The molecule has 0 saturated carbocycles. The van der Waals surface area contributed by atoms with Gasteiger partial charge in [-0.15, -0.1) is 0 Å². The van der Waals surface area contributed by atoms with E-state index >= 15 is 0 Å². The Kier molecular flexibility index (Phi) is 8.12. The SMILES string of the molecule is Cc1ccc(C(=O)NC2=CCC(C(F)(F)F)=C(F)C(CN(C)C)=C2)cc1N(N)/C=C(\N)c1cnc2[nH]ccc2c1. The summed E-state index contributed by atoms with van der Waals surface area (Å²) >= 11 is 0. The summed E-state index contributed by atoms with van der Waals surface area (Å²) in [5.74, 6) is 4.34. The molecule has 6 N–H and O–H groups in total. The molecule has 12 heteroatoms. The molecule has 0 saturated heterocycles. The number of nitrogens with zero attached hydrogens (tertiary/aromatic N) is 3. The molecule has 0 unspecified atom stereocenters. The average Bonchev–Trinajstić information content (AvgIpc) is 3.29. The van der Waals surface area contributed by atoms with Gasteiger partial charge in [0.2, 0.25) is 0 Å². The van der Waals surface area contributed by atoms with Gasteiger partial charge in [-0.1, -0.05) is 12.1 Å². The highest BCUT2D eigenvalue weighted by Crippen LogP contribution is 2.36. The van der Waals surface area contributed by atoms with Crippen molar-refractivity contribution in [2.75, 3.05) is 25.6 Å². The van der Waals surface area contributed by atoms with Crippen molar-refractivity contribution in [2.45, 2.75) is 19.5 Å². The van der Waals surface area contributed by atoms with Crippen molar-refractivity contribution in [1.82, 2.24) is 20.2 Å². The lowest BCUT2D eigenvalue weighted by Crippen LogP contribution is -2.28. The number of hydrogen-bond acceptors (Lipinski definition) is 6. The number of nitrogens with one attached hydrogen (secondary N) is 2. The van der Waals surface area contributed by atoms with E-state index in [0.717, 1.165) is 22.7 Å². The zero-order valence-electron chi connectivity index (χ0n) is 22.1. The molecule has 0 spiro atoms.